The summed E-state index contributed by atoms with van der Waals surface area (Å²) in [5.74, 6) is -0.829. The van der Waals surface area contributed by atoms with Crippen molar-refractivity contribution in [3.05, 3.63) is 74.7 Å². The molecule has 0 aliphatic carbocycles. The Labute approximate surface area is 159 Å². The Balaban J connectivity index is 1.67. The number of rotatable bonds is 3. The van der Waals surface area contributed by atoms with Crippen LogP contribution in [0.4, 0.5) is 4.39 Å². The molecule has 4 rings (SSSR count). The predicted molar refractivity (Wildman–Crippen MR) is 101 cm³/mol. The summed E-state index contributed by atoms with van der Waals surface area (Å²) in [6, 6.07) is 6.14. The van der Waals surface area contributed by atoms with Gasteiger partial charge in [-0.15, -0.1) is 0 Å². The molecule has 27 heavy (non-hydrogen) atoms. The molecular weight excluding hydrogens is 371 g/mol. The van der Waals surface area contributed by atoms with Gasteiger partial charge in [0, 0.05) is 50.7 Å². The van der Waals surface area contributed by atoms with E-state index in [0.717, 1.165) is 11.3 Å². The lowest BCUT2D eigenvalue weighted by Crippen LogP contribution is -2.46. The Morgan fingerprint density at radius 3 is 2.78 bits per heavy atom. The summed E-state index contributed by atoms with van der Waals surface area (Å²) >= 11 is 6.03. The zero-order chi connectivity index (χ0) is 19.0. The number of carbonyl (C=O) groups excluding carboxylic acids is 1. The molecule has 2 N–H and O–H groups in total. The average molecular weight is 389 g/mol. The number of nitrogens with one attached hydrogen (secondary N) is 2. The number of hydrogen-bond donors (Lipinski definition) is 2. The Morgan fingerprint density at radius 1 is 1.22 bits per heavy atom. The summed E-state index contributed by atoms with van der Waals surface area (Å²) in [5.41, 5.74) is 1.83. The van der Waals surface area contributed by atoms with Gasteiger partial charge in [0.15, 0.2) is 0 Å². The molecule has 1 aliphatic rings. The standard InChI is InChI=1S/C19H18ClFN4O2/c20-13-9-17-18(26)23-10-14(25(17)11-13)7-12-1-2-16(21)15(8-12)19(27)24-5-3-22-4-6-24/h1-2,8-11,22H,3-7H2,(H,23,26). The third kappa shape index (κ3) is 3.48. The minimum atomic E-state index is -0.530. The first-order valence-corrected chi connectivity index (χ1v) is 9.07. The Hall–Kier alpha value is -2.64. The maximum Gasteiger partial charge on any atom is 0.272 e. The number of hydrogen-bond acceptors (Lipinski definition) is 3. The molecule has 1 saturated heterocycles. The number of amides is 1. The van der Waals surface area contributed by atoms with Crippen LogP contribution in [-0.2, 0) is 6.42 Å². The van der Waals surface area contributed by atoms with Gasteiger partial charge in [0.05, 0.1) is 10.6 Å². The highest BCUT2D eigenvalue weighted by molar-refractivity contribution is 6.31. The number of benzene rings is 1. The van der Waals surface area contributed by atoms with Crippen LogP contribution in [0.3, 0.4) is 0 Å². The molecule has 0 spiro atoms. The molecule has 0 bridgehead atoms. The van der Waals surface area contributed by atoms with Crippen molar-refractivity contribution >= 4 is 23.0 Å². The molecule has 1 amide bonds. The number of H-pyrrole nitrogens is 1. The second kappa shape index (κ2) is 7.17. The average Bonchev–Trinajstić information content (AvgIpc) is 3.08. The molecule has 0 unspecified atom stereocenters. The summed E-state index contributed by atoms with van der Waals surface area (Å²) in [5, 5.41) is 3.63. The highest BCUT2D eigenvalue weighted by Gasteiger charge is 2.21. The van der Waals surface area contributed by atoms with Crippen molar-refractivity contribution in [3.63, 3.8) is 0 Å². The number of carbonyl (C=O) groups is 1. The molecule has 0 saturated carbocycles. The van der Waals surface area contributed by atoms with Crippen LogP contribution in [0.2, 0.25) is 5.02 Å². The van der Waals surface area contributed by atoms with Crippen molar-refractivity contribution in [1.29, 1.82) is 0 Å². The van der Waals surface area contributed by atoms with E-state index in [4.69, 9.17) is 11.6 Å². The first-order valence-electron chi connectivity index (χ1n) is 8.69. The Bertz CT molecular complexity index is 1070. The van der Waals surface area contributed by atoms with Gasteiger partial charge in [-0.05, 0) is 23.8 Å². The van der Waals surface area contributed by atoms with E-state index in [0.29, 0.717) is 43.1 Å². The second-order valence-electron chi connectivity index (χ2n) is 6.56. The number of halogens is 2. The minimum absolute atomic E-state index is 0.0700. The summed E-state index contributed by atoms with van der Waals surface area (Å²) in [6.07, 6.45) is 3.69. The number of nitrogens with zero attached hydrogens (tertiary/aromatic N) is 2. The summed E-state index contributed by atoms with van der Waals surface area (Å²) in [6.45, 7) is 2.53. The van der Waals surface area contributed by atoms with Gasteiger partial charge in [-0.1, -0.05) is 17.7 Å². The third-order valence-electron chi connectivity index (χ3n) is 4.75. The van der Waals surface area contributed by atoms with E-state index in [-0.39, 0.29) is 17.0 Å². The SMILES string of the molecule is O=C(c1cc(Cc2c[nH]c(=O)c3cc(Cl)cn23)ccc1F)N1CCNCC1. The van der Waals surface area contributed by atoms with Crippen molar-refractivity contribution in [1.82, 2.24) is 19.6 Å². The molecule has 2 aromatic heterocycles. The fourth-order valence-electron chi connectivity index (χ4n) is 3.37. The van der Waals surface area contributed by atoms with Crippen LogP contribution in [0.1, 0.15) is 21.6 Å². The van der Waals surface area contributed by atoms with Gasteiger partial charge in [0.25, 0.3) is 11.5 Å². The molecular formula is C19H18ClFN4O2. The van der Waals surface area contributed by atoms with Crippen molar-refractivity contribution < 1.29 is 9.18 Å². The van der Waals surface area contributed by atoms with Crippen molar-refractivity contribution in [2.75, 3.05) is 26.2 Å². The van der Waals surface area contributed by atoms with Gasteiger partial charge in [-0.2, -0.15) is 0 Å². The van der Waals surface area contributed by atoms with Crippen LogP contribution in [0.5, 0.6) is 0 Å². The molecule has 8 heteroatoms. The highest BCUT2D eigenvalue weighted by atomic mass is 35.5. The topological polar surface area (TPSA) is 69.6 Å². The number of aromatic amines is 1. The van der Waals surface area contributed by atoms with E-state index in [1.54, 1.807) is 39.9 Å². The van der Waals surface area contributed by atoms with E-state index >= 15 is 0 Å². The minimum Gasteiger partial charge on any atom is -0.336 e. The summed E-state index contributed by atoms with van der Waals surface area (Å²) in [7, 11) is 0. The second-order valence-corrected chi connectivity index (χ2v) is 6.99. The summed E-state index contributed by atoms with van der Waals surface area (Å²) in [4.78, 5) is 28.9. The van der Waals surface area contributed by atoms with Gasteiger partial charge >= 0.3 is 0 Å². The molecule has 1 fully saturated rings. The van der Waals surface area contributed by atoms with Crippen molar-refractivity contribution in [2.45, 2.75) is 6.42 Å². The molecule has 0 atom stereocenters. The number of piperazine rings is 1. The van der Waals surface area contributed by atoms with E-state index < -0.39 is 5.82 Å². The van der Waals surface area contributed by atoms with E-state index in [2.05, 4.69) is 10.3 Å². The van der Waals surface area contributed by atoms with Crippen LogP contribution in [0, 0.1) is 5.82 Å². The lowest BCUT2D eigenvalue weighted by atomic mass is 10.0. The number of fused-ring (bicyclic) bond motifs is 1. The molecule has 0 radical (unpaired) electrons. The Kier molecular flexibility index (Phi) is 4.72. The van der Waals surface area contributed by atoms with Crippen molar-refractivity contribution in [3.8, 4) is 0 Å². The van der Waals surface area contributed by atoms with Crippen LogP contribution in [0.15, 0.2) is 41.5 Å². The molecule has 3 heterocycles. The van der Waals surface area contributed by atoms with Crippen LogP contribution < -0.4 is 10.9 Å². The first-order chi connectivity index (χ1) is 13.0. The maximum atomic E-state index is 14.3. The molecule has 6 nitrogen and oxygen atoms in total. The van der Waals surface area contributed by atoms with E-state index in [9.17, 15) is 14.0 Å². The maximum absolute atomic E-state index is 14.3. The van der Waals surface area contributed by atoms with Crippen LogP contribution in [0.25, 0.3) is 5.52 Å². The van der Waals surface area contributed by atoms with Gasteiger partial charge in [-0.25, -0.2) is 4.39 Å². The largest absolute Gasteiger partial charge is 0.336 e. The highest BCUT2D eigenvalue weighted by Crippen LogP contribution is 2.19. The summed E-state index contributed by atoms with van der Waals surface area (Å²) < 4.78 is 16.0. The molecule has 1 aromatic carbocycles. The van der Waals surface area contributed by atoms with Crippen molar-refractivity contribution in [2.24, 2.45) is 0 Å². The zero-order valence-electron chi connectivity index (χ0n) is 14.5. The fourth-order valence-corrected chi connectivity index (χ4v) is 3.57. The lowest BCUT2D eigenvalue weighted by molar-refractivity contribution is 0.0731. The monoisotopic (exact) mass is 388 g/mol. The molecule has 140 valence electrons. The smallest absolute Gasteiger partial charge is 0.272 e. The van der Waals surface area contributed by atoms with Gasteiger partial charge in [0.1, 0.15) is 11.3 Å². The normalized spacial score (nSPS) is 14.7. The van der Waals surface area contributed by atoms with E-state index in [1.807, 2.05) is 0 Å². The zero-order valence-corrected chi connectivity index (χ0v) is 15.2. The number of aromatic nitrogens is 2. The Morgan fingerprint density at radius 2 is 2.00 bits per heavy atom. The fraction of sp³-hybridized carbons (Fsp3) is 0.263. The third-order valence-corrected chi connectivity index (χ3v) is 4.96. The van der Waals surface area contributed by atoms with Gasteiger partial charge < -0.3 is 19.6 Å². The first kappa shape index (κ1) is 17.8. The molecule has 3 aromatic rings. The van der Waals surface area contributed by atoms with Gasteiger partial charge in [-0.3, -0.25) is 9.59 Å². The van der Waals surface area contributed by atoms with Crippen LogP contribution in [-0.4, -0.2) is 46.4 Å². The van der Waals surface area contributed by atoms with E-state index in [1.165, 1.54) is 6.07 Å². The quantitative estimate of drug-likeness (QED) is 0.721. The van der Waals surface area contributed by atoms with Gasteiger partial charge in [0.2, 0.25) is 0 Å². The van der Waals surface area contributed by atoms with Crippen LogP contribution >= 0.6 is 11.6 Å². The molecule has 1 aliphatic heterocycles. The predicted octanol–water partition coefficient (Wildman–Crippen LogP) is 2.06. The lowest BCUT2D eigenvalue weighted by Gasteiger charge is -2.27.